The number of rotatable bonds is 2. The summed E-state index contributed by atoms with van der Waals surface area (Å²) in [7, 11) is 0. The Hall–Kier alpha value is -2.15. The Morgan fingerprint density at radius 3 is 2.14 bits per heavy atom. The van der Waals surface area contributed by atoms with Gasteiger partial charge in [-0.1, -0.05) is 54.6 Å². The Labute approximate surface area is 135 Å². The molecule has 3 rings (SSSR count). The zero-order valence-electron chi connectivity index (χ0n) is 11.0. The van der Waals surface area contributed by atoms with E-state index in [0.717, 1.165) is 16.7 Å². The van der Waals surface area contributed by atoms with Crippen LogP contribution in [-0.4, -0.2) is 9.97 Å². The molecule has 21 heavy (non-hydrogen) atoms. The lowest BCUT2D eigenvalue weighted by Gasteiger charge is -2.06. The zero-order valence-corrected chi connectivity index (χ0v) is 13.2. The molecular weight excluding hydrogens is 377 g/mol. The first-order valence-corrected chi connectivity index (χ1v) is 7.44. The van der Waals surface area contributed by atoms with Crippen LogP contribution in [0, 0.1) is 3.57 Å². The summed E-state index contributed by atoms with van der Waals surface area (Å²) in [4.78, 5) is 18.4. The number of benzene rings is 2. The van der Waals surface area contributed by atoms with Crippen LogP contribution < -0.4 is 11.3 Å². The van der Waals surface area contributed by atoms with Crippen LogP contribution in [-0.2, 0) is 0 Å². The second kappa shape index (κ2) is 5.69. The number of nitrogens with one attached hydrogen (secondary N) is 1. The van der Waals surface area contributed by atoms with Gasteiger partial charge in [0.25, 0.3) is 5.56 Å². The van der Waals surface area contributed by atoms with E-state index >= 15 is 0 Å². The van der Waals surface area contributed by atoms with Crippen molar-refractivity contribution in [1.82, 2.24) is 9.97 Å². The molecule has 0 amide bonds. The van der Waals surface area contributed by atoms with Crippen LogP contribution in [0.2, 0.25) is 0 Å². The number of hydrogen-bond donors (Lipinski definition) is 2. The monoisotopic (exact) mass is 389 g/mol. The van der Waals surface area contributed by atoms with Crippen molar-refractivity contribution >= 4 is 28.5 Å². The highest BCUT2D eigenvalue weighted by atomic mass is 127. The molecule has 104 valence electrons. The third-order valence-corrected chi connectivity index (χ3v) is 4.15. The Morgan fingerprint density at radius 2 is 1.48 bits per heavy atom. The molecule has 3 aromatic rings. The number of nitrogens with zero attached hydrogens (tertiary/aromatic N) is 1. The molecule has 0 saturated carbocycles. The van der Waals surface area contributed by atoms with Gasteiger partial charge in [0.1, 0.15) is 3.57 Å². The van der Waals surface area contributed by atoms with Crippen molar-refractivity contribution in [2.24, 2.45) is 0 Å². The van der Waals surface area contributed by atoms with Gasteiger partial charge in [-0.3, -0.25) is 9.78 Å². The van der Waals surface area contributed by atoms with Gasteiger partial charge in [0.05, 0.1) is 5.69 Å². The molecule has 0 spiro atoms. The fourth-order valence-corrected chi connectivity index (χ4v) is 2.69. The first-order valence-electron chi connectivity index (χ1n) is 6.36. The predicted molar refractivity (Wildman–Crippen MR) is 92.9 cm³/mol. The van der Waals surface area contributed by atoms with E-state index in [9.17, 15) is 4.79 Å². The normalized spacial score (nSPS) is 10.5. The molecule has 0 fully saturated rings. The van der Waals surface area contributed by atoms with Gasteiger partial charge >= 0.3 is 0 Å². The first-order chi connectivity index (χ1) is 10.1. The second-order valence-corrected chi connectivity index (χ2v) is 5.64. The van der Waals surface area contributed by atoms with Crippen LogP contribution in [0.5, 0.6) is 0 Å². The van der Waals surface area contributed by atoms with Crippen molar-refractivity contribution in [1.29, 1.82) is 0 Å². The molecule has 0 bridgehead atoms. The average Bonchev–Trinajstić information content (AvgIpc) is 2.52. The first kappa shape index (κ1) is 13.8. The highest BCUT2D eigenvalue weighted by molar-refractivity contribution is 14.1. The summed E-state index contributed by atoms with van der Waals surface area (Å²) in [5.74, 6) is 0.127. The number of nitrogens with two attached hydrogens (primary N) is 1. The minimum absolute atomic E-state index is 0.127. The smallest absolute Gasteiger partial charge is 0.266 e. The lowest BCUT2D eigenvalue weighted by Crippen LogP contribution is -2.15. The van der Waals surface area contributed by atoms with Crippen LogP contribution in [0.25, 0.3) is 22.4 Å². The minimum Gasteiger partial charge on any atom is -0.369 e. The zero-order chi connectivity index (χ0) is 14.8. The largest absolute Gasteiger partial charge is 0.369 e. The van der Waals surface area contributed by atoms with Gasteiger partial charge in [0.2, 0.25) is 5.95 Å². The van der Waals surface area contributed by atoms with Crippen LogP contribution in [0.15, 0.2) is 59.4 Å². The lowest BCUT2D eigenvalue weighted by atomic mass is 10.0. The van der Waals surface area contributed by atoms with Gasteiger partial charge in [-0.25, -0.2) is 4.98 Å². The Morgan fingerprint density at radius 1 is 0.905 bits per heavy atom. The molecule has 1 heterocycles. The van der Waals surface area contributed by atoms with E-state index in [4.69, 9.17) is 5.73 Å². The summed E-state index contributed by atoms with van der Waals surface area (Å²) in [5.41, 5.74) is 9.15. The van der Waals surface area contributed by atoms with Crippen molar-refractivity contribution in [3.63, 3.8) is 0 Å². The van der Waals surface area contributed by atoms with E-state index < -0.39 is 0 Å². The topological polar surface area (TPSA) is 71.8 Å². The standard InChI is InChI=1S/C16H12IN3O/c17-13-14(19-16(18)20-15(13)21)12-8-6-11(7-9-12)10-4-2-1-3-5-10/h1-9H,(H3,18,19,20,21). The molecule has 0 aliphatic carbocycles. The van der Waals surface area contributed by atoms with E-state index in [1.54, 1.807) is 0 Å². The number of halogens is 1. The number of nitrogen functional groups attached to an aromatic ring is 1. The number of anilines is 1. The minimum atomic E-state index is -0.217. The Bertz CT molecular complexity index is 826. The third kappa shape index (κ3) is 2.82. The van der Waals surface area contributed by atoms with Crippen molar-refractivity contribution in [2.45, 2.75) is 0 Å². The van der Waals surface area contributed by atoms with E-state index in [2.05, 4.69) is 22.1 Å². The summed E-state index contributed by atoms with van der Waals surface area (Å²) >= 11 is 1.98. The highest BCUT2D eigenvalue weighted by Crippen LogP contribution is 2.25. The van der Waals surface area contributed by atoms with Crippen molar-refractivity contribution < 1.29 is 0 Å². The van der Waals surface area contributed by atoms with Gasteiger partial charge in [-0.15, -0.1) is 0 Å². The summed E-state index contributed by atoms with van der Waals surface area (Å²) in [5, 5.41) is 0. The Balaban J connectivity index is 2.04. The SMILES string of the molecule is Nc1nc(-c2ccc(-c3ccccc3)cc2)c(I)c(=O)[nH]1. The van der Waals surface area contributed by atoms with Crippen molar-refractivity contribution in [2.75, 3.05) is 5.73 Å². The van der Waals surface area contributed by atoms with Crippen molar-refractivity contribution in [3.8, 4) is 22.4 Å². The summed E-state index contributed by atoms with van der Waals surface area (Å²) in [6.07, 6.45) is 0. The third-order valence-electron chi connectivity index (χ3n) is 3.15. The molecule has 0 saturated heterocycles. The summed E-state index contributed by atoms with van der Waals surface area (Å²) in [6.45, 7) is 0. The molecule has 0 unspecified atom stereocenters. The fourth-order valence-electron chi connectivity index (χ4n) is 2.12. The summed E-state index contributed by atoms with van der Waals surface area (Å²) in [6, 6.07) is 18.0. The van der Waals surface area contributed by atoms with Crippen LogP contribution in [0.3, 0.4) is 0 Å². The predicted octanol–water partition coefficient (Wildman–Crippen LogP) is 3.29. The maximum absolute atomic E-state index is 11.7. The van der Waals surface area contributed by atoms with Crippen LogP contribution in [0.1, 0.15) is 0 Å². The molecule has 0 radical (unpaired) electrons. The van der Waals surface area contributed by atoms with Gasteiger partial charge in [0.15, 0.2) is 0 Å². The lowest BCUT2D eigenvalue weighted by molar-refractivity contribution is 1.12. The van der Waals surface area contributed by atoms with E-state index in [1.807, 2.05) is 65.1 Å². The number of aromatic amines is 1. The number of aromatic nitrogens is 2. The molecule has 1 aromatic heterocycles. The molecule has 0 aliphatic rings. The number of hydrogen-bond acceptors (Lipinski definition) is 3. The second-order valence-electron chi connectivity index (χ2n) is 4.56. The average molecular weight is 389 g/mol. The molecule has 4 nitrogen and oxygen atoms in total. The van der Waals surface area contributed by atoms with Gasteiger partial charge in [0, 0.05) is 5.56 Å². The fraction of sp³-hybridized carbons (Fsp3) is 0. The van der Waals surface area contributed by atoms with Gasteiger partial charge in [-0.2, -0.15) is 0 Å². The molecular formula is C16H12IN3O. The van der Waals surface area contributed by atoms with Gasteiger partial charge < -0.3 is 5.73 Å². The Kier molecular flexibility index (Phi) is 3.74. The molecule has 0 aliphatic heterocycles. The quantitative estimate of drug-likeness (QED) is 0.661. The van der Waals surface area contributed by atoms with Crippen LogP contribution in [0.4, 0.5) is 5.95 Å². The van der Waals surface area contributed by atoms with E-state index in [0.29, 0.717) is 9.26 Å². The molecule has 0 atom stereocenters. The maximum Gasteiger partial charge on any atom is 0.266 e. The van der Waals surface area contributed by atoms with Gasteiger partial charge in [-0.05, 0) is 33.7 Å². The number of H-pyrrole nitrogens is 1. The molecule has 5 heteroatoms. The van der Waals surface area contributed by atoms with E-state index in [1.165, 1.54) is 0 Å². The maximum atomic E-state index is 11.7. The highest BCUT2D eigenvalue weighted by Gasteiger charge is 2.10. The summed E-state index contributed by atoms with van der Waals surface area (Å²) < 4.78 is 0.536. The molecule has 3 N–H and O–H groups in total. The van der Waals surface area contributed by atoms with E-state index in [-0.39, 0.29) is 11.5 Å². The van der Waals surface area contributed by atoms with Crippen LogP contribution >= 0.6 is 22.6 Å². The van der Waals surface area contributed by atoms with Crippen molar-refractivity contribution in [3.05, 3.63) is 68.5 Å². The molecule has 2 aromatic carbocycles.